The smallest absolute Gasteiger partial charge is 0.182 e. The van der Waals surface area contributed by atoms with Crippen LogP contribution in [0, 0.1) is 5.82 Å². The summed E-state index contributed by atoms with van der Waals surface area (Å²) >= 11 is 13.7. The Morgan fingerprint density at radius 2 is 1.80 bits per heavy atom. The number of nitrogens with one attached hydrogen (secondary N) is 1. The van der Waals surface area contributed by atoms with E-state index in [2.05, 4.69) is 20.3 Å². The first-order chi connectivity index (χ1) is 14.1. The maximum Gasteiger partial charge on any atom is 0.182 e. The zero-order chi connectivity index (χ0) is 21.6. The van der Waals surface area contributed by atoms with E-state index in [1.807, 2.05) is 0 Å². The predicted molar refractivity (Wildman–Crippen MR) is 118 cm³/mol. The molecule has 2 aromatic carbocycles. The Labute approximate surface area is 184 Å². The Bertz CT molecular complexity index is 1390. The van der Waals surface area contributed by atoms with Gasteiger partial charge in [0.05, 0.1) is 15.6 Å². The summed E-state index contributed by atoms with van der Waals surface area (Å²) in [5.74, 6) is -0.414. The summed E-state index contributed by atoms with van der Waals surface area (Å²) in [6.07, 6.45) is 0.935. The molecule has 0 amide bonds. The van der Waals surface area contributed by atoms with Crippen molar-refractivity contribution in [3.8, 4) is 11.4 Å². The van der Waals surface area contributed by atoms with Gasteiger partial charge in [0.25, 0.3) is 0 Å². The van der Waals surface area contributed by atoms with Gasteiger partial charge in [-0.15, -0.1) is 0 Å². The lowest BCUT2D eigenvalue weighted by molar-refractivity contribution is 0.571. The monoisotopic (exact) mass is 483 g/mol. The van der Waals surface area contributed by atoms with Crippen molar-refractivity contribution in [2.24, 2.45) is 0 Å². The number of rotatable bonds is 4. The lowest BCUT2D eigenvalue weighted by Crippen LogP contribution is -2.03. The summed E-state index contributed by atoms with van der Waals surface area (Å²) in [5.41, 5.74) is 6.89. The Balaban J connectivity index is 1.86. The van der Waals surface area contributed by atoms with E-state index in [1.165, 1.54) is 12.1 Å². The number of halogens is 3. The van der Waals surface area contributed by atoms with Crippen LogP contribution < -0.4 is 11.1 Å². The Morgan fingerprint density at radius 1 is 1.10 bits per heavy atom. The highest BCUT2D eigenvalue weighted by molar-refractivity contribution is 7.90. The maximum atomic E-state index is 14.3. The van der Waals surface area contributed by atoms with Crippen LogP contribution in [0.4, 0.5) is 21.0 Å². The predicted octanol–water partition coefficient (Wildman–Crippen LogP) is 4.93. The summed E-state index contributed by atoms with van der Waals surface area (Å²) < 4.78 is 37.6. The van der Waals surface area contributed by atoms with E-state index in [4.69, 9.17) is 28.9 Å². The maximum absolute atomic E-state index is 14.3. The number of hydrogen-bond donors (Lipinski definition) is 2. The van der Waals surface area contributed by atoms with Gasteiger partial charge in [0.2, 0.25) is 0 Å². The van der Waals surface area contributed by atoms with Gasteiger partial charge < -0.3 is 11.1 Å². The SMILES string of the molecule is CS(=O)(=O)c1ccc(Nc2nc(-c3c(Cl)cccc3Cl)nc3sc(N)nc23)cc1F. The van der Waals surface area contributed by atoms with Gasteiger partial charge in [-0.25, -0.2) is 27.8 Å². The highest BCUT2D eigenvalue weighted by atomic mass is 35.5. The lowest BCUT2D eigenvalue weighted by Gasteiger charge is -2.11. The van der Waals surface area contributed by atoms with Crippen LogP contribution in [0.15, 0.2) is 41.3 Å². The summed E-state index contributed by atoms with van der Waals surface area (Å²) in [6.45, 7) is 0. The third-order valence-electron chi connectivity index (χ3n) is 4.06. The van der Waals surface area contributed by atoms with Crippen molar-refractivity contribution in [3.63, 3.8) is 0 Å². The number of benzene rings is 2. The third kappa shape index (κ3) is 3.91. The second-order valence-electron chi connectivity index (χ2n) is 6.24. The van der Waals surface area contributed by atoms with Crippen LogP contribution in [0.25, 0.3) is 21.7 Å². The van der Waals surface area contributed by atoms with Crippen molar-refractivity contribution in [3.05, 3.63) is 52.3 Å². The molecular formula is C18H12Cl2FN5O2S2. The highest BCUT2D eigenvalue weighted by Crippen LogP contribution is 2.37. The Kier molecular flexibility index (Phi) is 5.27. The molecule has 0 saturated carbocycles. The molecule has 0 spiro atoms. The van der Waals surface area contributed by atoms with Crippen LogP contribution in [0.3, 0.4) is 0 Å². The average Bonchev–Trinajstić information content (AvgIpc) is 3.01. The molecule has 0 saturated heterocycles. The van der Waals surface area contributed by atoms with E-state index < -0.39 is 20.5 Å². The summed E-state index contributed by atoms with van der Waals surface area (Å²) in [7, 11) is -3.69. The van der Waals surface area contributed by atoms with Crippen LogP contribution >= 0.6 is 34.5 Å². The zero-order valence-corrected chi connectivity index (χ0v) is 18.3. The van der Waals surface area contributed by atoms with E-state index >= 15 is 0 Å². The second kappa shape index (κ2) is 7.62. The largest absolute Gasteiger partial charge is 0.375 e. The topological polar surface area (TPSA) is 111 Å². The van der Waals surface area contributed by atoms with Gasteiger partial charge in [0.15, 0.2) is 31.4 Å². The van der Waals surface area contributed by atoms with Gasteiger partial charge in [-0.05, 0) is 30.3 Å². The fraction of sp³-hybridized carbons (Fsp3) is 0.0556. The Hall–Kier alpha value is -2.53. The molecule has 0 atom stereocenters. The van der Waals surface area contributed by atoms with E-state index in [1.54, 1.807) is 18.2 Å². The van der Waals surface area contributed by atoms with Gasteiger partial charge in [-0.2, -0.15) is 0 Å². The molecule has 0 radical (unpaired) electrons. The zero-order valence-electron chi connectivity index (χ0n) is 15.1. The number of nitrogens with two attached hydrogens (primary N) is 1. The number of fused-ring (bicyclic) bond motifs is 1. The molecule has 0 unspecified atom stereocenters. The first kappa shape index (κ1) is 20.7. The van der Waals surface area contributed by atoms with Crippen LogP contribution in [0.1, 0.15) is 0 Å². The number of nitrogen functional groups attached to an aromatic ring is 1. The lowest BCUT2D eigenvalue weighted by atomic mass is 10.2. The van der Waals surface area contributed by atoms with E-state index in [0.29, 0.717) is 26.0 Å². The minimum Gasteiger partial charge on any atom is -0.375 e. The molecular weight excluding hydrogens is 472 g/mol. The molecule has 7 nitrogen and oxygen atoms in total. The normalized spacial score (nSPS) is 11.7. The number of hydrogen-bond acceptors (Lipinski definition) is 8. The molecule has 0 aliphatic heterocycles. The van der Waals surface area contributed by atoms with Crippen molar-refractivity contribution in [1.29, 1.82) is 0 Å². The fourth-order valence-corrected chi connectivity index (χ4v) is 4.77. The van der Waals surface area contributed by atoms with Crippen LogP contribution in [-0.2, 0) is 9.84 Å². The number of anilines is 3. The quantitative estimate of drug-likeness (QED) is 0.423. The molecule has 4 rings (SSSR count). The molecule has 30 heavy (non-hydrogen) atoms. The molecule has 0 aliphatic rings. The number of aromatic nitrogens is 3. The van der Waals surface area contributed by atoms with Gasteiger partial charge in [-0.3, -0.25) is 0 Å². The summed E-state index contributed by atoms with van der Waals surface area (Å²) in [6, 6.07) is 8.66. The van der Waals surface area contributed by atoms with Crippen LogP contribution in [0.5, 0.6) is 0 Å². The van der Waals surface area contributed by atoms with Crippen molar-refractivity contribution in [2.75, 3.05) is 17.3 Å². The molecule has 2 aromatic heterocycles. The number of sulfone groups is 1. The molecule has 4 aromatic rings. The van der Waals surface area contributed by atoms with Crippen LogP contribution in [0.2, 0.25) is 10.0 Å². The van der Waals surface area contributed by atoms with Crippen molar-refractivity contribution in [1.82, 2.24) is 15.0 Å². The van der Waals surface area contributed by atoms with Gasteiger partial charge >= 0.3 is 0 Å². The van der Waals surface area contributed by atoms with E-state index in [-0.39, 0.29) is 22.5 Å². The minimum atomic E-state index is -3.69. The first-order valence-electron chi connectivity index (χ1n) is 8.28. The molecule has 3 N–H and O–H groups in total. The Morgan fingerprint density at radius 3 is 2.43 bits per heavy atom. The molecule has 0 fully saturated rings. The van der Waals surface area contributed by atoms with Crippen molar-refractivity contribution in [2.45, 2.75) is 4.90 Å². The van der Waals surface area contributed by atoms with Gasteiger partial charge in [0.1, 0.15) is 16.2 Å². The molecule has 2 heterocycles. The van der Waals surface area contributed by atoms with Crippen molar-refractivity contribution >= 4 is 71.4 Å². The minimum absolute atomic E-state index is 0.234. The summed E-state index contributed by atoms with van der Waals surface area (Å²) in [5, 5.41) is 3.92. The van der Waals surface area contributed by atoms with Gasteiger partial charge in [-0.1, -0.05) is 40.6 Å². The third-order valence-corrected chi connectivity index (χ3v) is 6.59. The molecule has 154 valence electrons. The summed E-state index contributed by atoms with van der Waals surface area (Å²) in [4.78, 5) is 13.2. The highest BCUT2D eigenvalue weighted by Gasteiger charge is 2.19. The first-order valence-corrected chi connectivity index (χ1v) is 11.7. The molecule has 12 heteroatoms. The standard InChI is InChI=1S/C18H12Cl2FN5O2S2/c1-30(27,28)12-6-5-8(7-11(12)21)23-16-14-17(29-18(22)24-14)26-15(25-16)13-9(19)3-2-4-10(13)20/h2-7H,1H3,(H2,22,24)(H,23,25,26). The van der Waals surface area contributed by atoms with Crippen LogP contribution in [-0.4, -0.2) is 29.6 Å². The molecule has 0 bridgehead atoms. The fourth-order valence-electron chi connectivity index (χ4n) is 2.76. The molecule has 0 aliphatic carbocycles. The van der Waals surface area contributed by atoms with E-state index in [9.17, 15) is 12.8 Å². The van der Waals surface area contributed by atoms with Gasteiger partial charge in [0, 0.05) is 11.9 Å². The second-order valence-corrected chi connectivity index (χ2v) is 10.0. The van der Waals surface area contributed by atoms with Crippen molar-refractivity contribution < 1.29 is 12.8 Å². The number of thiazole rings is 1. The number of nitrogens with zero attached hydrogens (tertiary/aromatic N) is 3. The van der Waals surface area contributed by atoms with E-state index in [0.717, 1.165) is 23.7 Å². The average molecular weight is 484 g/mol.